The number of carboxylic acids is 1. The number of halogens is 1. The van der Waals surface area contributed by atoms with E-state index in [-0.39, 0.29) is 18.9 Å². The van der Waals surface area contributed by atoms with Gasteiger partial charge in [-0.3, -0.25) is 9.59 Å². The van der Waals surface area contributed by atoms with Crippen molar-refractivity contribution in [1.82, 2.24) is 0 Å². The van der Waals surface area contributed by atoms with Crippen LogP contribution in [-0.2, 0) is 14.3 Å². The highest BCUT2D eigenvalue weighted by Crippen LogP contribution is 2.61. The number of hydrogen-bond acceptors (Lipinski definition) is 3. The molecule has 4 nitrogen and oxygen atoms in total. The van der Waals surface area contributed by atoms with E-state index in [4.69, 9.17) is 9.84 Å². The summed E-state index contributed by atoms with van der Waals surface area (Å²) in [5, 5.41) is 8.79. The molecule has 0 aliphatic heterocycles. The SMILES string of the molecule is CCOC(=O)[C@H]1C[C@@H](F)C2C1[C@H]2C(=O)O. The van der Waals surface area contributed by atoms with E-state index in [1.165, 1.54) is 0 Å². The van der Waals surface area contributed by atoms with Gasteiger partial charge in [-0.1, -0.05) is 0 Å². The van der Waals surface area contributed by atoms with Crippen LogP contribution in [0.1, 0.15) is 13.3 Å². The lowest BCUT2D eigenvalue weighted by atomic mass is 9.99. The van der Waals surface area contributed by atoms with Gasteiger partial charge in [0.2, 0.25) is 0 Å². The predicted molar refractivity (Wildman–Crippen MR) is 47.7 cm³/mol. The average molecular weight is 216 g/mol. The fourth-order valence-corrected chi connectivity index (χ4v) is 2.73. The van der Waals surface area contributed by atoms with Crippen molar-refractivity contribution in [2.75, 3.05) is 6.61 Å². The molecule has 0 amide bonds. The number of alkyl halides is 1. The van der Waals surface area contributed by atoms with Crippen LogP contribution in [0.2, 0.25) is 0 Å². The summed E-state index contributed by atoms with van der Waals surface area (Å²) in [6, 6.07) is 0. The van der Waals surface area contributed by atoms with Crippen LogP contribution in [0.15, 0.2) is 0 Å². The second-order valence-electron chi connectivity index (χ2n) is 4.13. The van der Waals surface area contributed by atoms with E-state index in [0.717, 1.165) is 0 Å². The molecule has 0 radical (unpaired) electrons. The molecule has 5 heteroatoms. The van der Waals surface area contributed by atoms with Crippen molar-refractivity contribution in [3.63, 3.8) is 0 Å². The van der Waals surface area contributed by atoms with Gasteiger partial charge in [-0.25, -0.2) is 4.39 Å². The molecule has 0 aromatic rings. The Labute approximate surface area is 86.4 Å². The maximum Gasteiger partial charge on any atom is 0.309 e. The summed E-state index contributed by atoms with van der Waals surface area (Å²) < 4.78 is 18.1. The van der Waals surface area contributed by atoms with Crippen LogP contribution >= 0.6 is 0 Å². The highest BCUT2D eigenvalue weighted by Gasteiger charge is 2.68. The molecule has 2 saturated carbocycles. The normalized spacial score (nSPS) is 42.1. The third-order valence-corrected chi connectivity index (χ3v) is 3.37. The molecule has 0 heterocycles. The maximum atomic E-state index is 13.3. The Kier molecular flexibility index (Phi) is 2.40. The third kappa shape index (κ3) is 1.50. The minimum Gasteiger partial charge on any atom is -0.481 e. The fourth-order valence-electron chi connectivity index (χ4n) is 2.73. The molecule has 84 valence electrons. The first kappa shape index (κ1) is 10.4. The first-order valence-corrected chi connectivity index (χ1v) is 5.11. The van der Waals surface area contributed by atoms with Crippen molar-refractivity contribution in [2.45, 2.75) is 19.5 Å². The van der Waals surface area contributed by atoms with Crippen LogP contribution < -0.4 is 0 Å². The van der Waals surface area contributed by atoms with Crippen molar-refractivity contribution in [2.24, 2.45) is 23.7 Å². The van der Waals surface area contributed by atoms with E-state index in [0.29, 0.717) is 0 Å². The number of carbonyl (C=O) groups is 2. The molecular weight excluding hydrogens is 203 g/mol. The molecule has 1 N–H and O–H groups in total. The zero-order chi connectivity index (χ0) is 11.2. The first-order chi connectivity index (χ1) is 7.07. The lowest BCUT2D eigenvalue weighted by molar-refractivity contribution is -0.149. The highest BCUT2D eigenvalue weighted by molar-refractivity contribution is 5.80. The van der Waals surface area contributed by atoms with Crippen LogP contribution in [0.4, 0.5) is 4.39 Å². The molecule has 0 aromatic carbocycles. The summed E-state index contributed by atoms with van der Waals surface area (Å²) in [7, 11) is 0. The molecule has 2 fully saturated rings. The smallest absolute Gasteiger partial charge is 0.309 e. The second-order valence-corrected chi connectivity index (χ2v) is 4.13. The zero-order valence-electron chi connectivity index (χ0n) is 8.35. The van der Waals surface area contributed by atoms with Crippen molar-refractivity contribution >= 4 is 11.9 Å². The molecule has 2 aliphatic rings. The number of rotatable bonds is 3. The molecule has 15 heavy (non-hydrogen) atoms. The number of fused-ring (bicyclic) bond motifs is 1. The van der Waals surface area contributed by atoms with Crippen molar-refractivity contribution in [1.29, 1.82) is 0 Å². The Morgan fingerprint density at radius 3 is 2.60 bits per heavy atom. The van der Waals surface area contributed by atoms with E-state index in [1.54, 1.807) is 6.92 Å². The van der Waals surface area contributed by atoms with Crippen LogP contribution in [0.25, 0.3) is 0 Å². The first-order valence-electron chi connectivity index (χ1n) is 5.11. The Balaban J connectivity index is 2.04. The highest BCUT2D eigenvalue weighted by atomic mass is 19.1. The minimum absolute atomic E-state index is 0.123. The monoisotopic (exact) mass is 216 g/mol. The number of aliphatic carboxylic acids is 1. The predicted octanol–water partition coefficient (Wildman–Crippen LogP) is 0.854. The van der Waals surface area contributed by atoms with Gasteiger partial charge in [0.15, 0.2) is 0 Å². The zero-order valence-corrected chi connectivity index (χ0v) is 8.35. The number of carbonyl (C=O) groups excluding carboxylic acids is 1. The summed E-state index contributed by atoms with van der Waals surface area (Å²) in [4.78, 5) is 22.1. The standard InChI is InChI=1S/C10H13FO4/c1-2-15-10(14)4-3-5(11)7-6(4)8(7)9(12)13/h4-8H,2-3H2,1H3,(H,12,13)/t4-,5+,6?,7?,8+/m0/s1. The fraction of sp³-hybridized carbons (Fsp3) is 0.800. The van der Waals surface area contributed by atoms with Gasteiger partial charge >= 0.3 is 11.9 Å². The maximum absolute atomic E-state index is 13.3. The number of esters is 1. The Morgan fingerprint density at radius 1 is 1.47 bits per heavy atom. The van der Waals surface area contributed by atoms with E-state index in [2.05, 4.69) is 0 Å². The van der Waals surface area contributed by atoms with Crippen molar-refractivity contribution in [3.05, 3.63) is 0 Å². The average Bonchev–Trinajstić information content (AvgIpc) is 2.81. The largest absolute Gasteiger partial charge is 0.481 e. The van der Waals surface area contributed by atoms with Crippen molar-refractivity contribution < 1.29 is 23.8 Å². The van der Waals surface area contributed by atoms with Crippen LogP contribution in [0, 0.1) is 23.7 Å². The molecule has 2 unspecified atom stereocenters. The van der Waals surface area contributed by atoms with Gasteiger partial charge < -0.3 is 9.84 Å². The molecule has 0 aromatic heterocycles. The summed E-state index contributed by atoms with van der Waals surface area (Å²) in [6.45, 7) is 1.93. The molecule has 5 atom stereocenters. The second kappa shape index (κ2) is 3.47. The summed E-state index contributed by atoms with van der Waals surface area (Å²) >= 11 is 0. The lowest BCUT2D eigenvalue weighted by Crippen LogP contribution is -2.22. The van der Waals surface area contributed by atoms with Gasteiger partial charge in [-0.2, -0.15) is 0 Å². The topological polar surface area (TPSA) is 63.6 Å². The van der Waals surface area contributed by atoms with Crippen LogP contribution in [-0.4, -0.2) is 29.8 Å². The Hall–Kier alpha value is -1.13. The lowest BCUT2D eigenvalue weighted by Gasteiger charge is -2.12. The van der Waals surface area contributed by atoms with E-state index in [9.17, 15) is 14.0 Å². The Bertz CT molecular complexity index is 304. The van der Waals surface area contributed by atoms with Gasteiger partial charge in [0.05, 0.1) is 18.4 Å². The molecule has 2 rings (SSSR count). The Morgan fingerprint density at radius 2 is 2.13 bits per heavy atom. The van der Waals surface area contributed by atoms with Crippen LogP contribution in [0.5, 0.6) is 0 Å². The minimum atomic E-state index is -1.16. The summed E-state index contributed by atoms with van der Waals surface area (Å²) in [6.07, 6.45) is -1.04. The molecule has 0 saturated heterocycles. The number of hydrogen-bond donors (Lipinski definition) is 1. The van der Waals surface area contributed by atoms with Crippen molar-refractivity contribution in [3.8, 4) is 0 Å². The quantitative estimate of drug-likeness (QED) is 0.710. The van der Waals surface area contributed by atoms with Gasteiger partial charge in [0.25, 0.3) is 0 Å². The van der Waals surface area contributed by atoms with Gasteiger partial charge in [0, 0.05) is 5.92 Å². The van der Waals surface area contributed by atoms with E-state index < -0.39 is 35.9 Å². The molecule has 0 bridgehead atoms. The van der Waals surface area contributed by atoms with Crippen LogP contribution in [0.3, 0.4) is 0 Å². The van der Waals surface area contributed by atoms with E-state index >= 15 is 0 Å². The molecule has 2 aliphatic carbocycles. The number of ether oxygens (including phenoxy) is 1. The van der Waals surface area contributed by atoms with Gasteiger partial charge in [0.1, 0.15) is 6.17 Å². The summed E-state index contributed by atoms with van der Waals surface area (Å²) in [5.41, 5.74) is 0. The number of carboxylic acid groups (broad SMARTS) is 1. The summed E-state index contributed by atoms with van der Waals surface area (Å²) in [5.74, 6) is -3.47. The van der Waals surface area contributed by atoms with E-state index in [1.807, 2.05) is 0 Å². The molecular formula is C10H13FO4. The third-order valence-electron chi connectivity index (χ3n) is 3.37. The van der Waals surface area contributed by atoms with Gasteiger partial charge in [-0.05, 0) is 19.3 Å². The molecule has 0 spiro atoms. The van der Waals surface area contributed by atoms with Gasteiger partial charge in [-0.15, -0.1) is 0 Å².